The third-order valence-electron chi connectivity index (χ3n) is 6.86. The molecular formula is C27H34N3OP. The van der Waals surface area contributed by atoms with Crippen LogP contribution in [0.2, 0.25) is 0 Å². The molecule has 32 heavy (non-hydrogen) atoms. The second-order valence-corrected chi connectivity index (χ2v) is 12.6. The summed E-state index contributed by atoms with van der Waals surface area (Å²) in [6.07, 6.45) is 12.7. The van der Waals surface area contributed by atoms with Gasteiger partial charge in [0.2, 0.25) is 0 Å². The Balaban J connectivity index is 1.31. The average molecular weight is 448 g/mol. The highest BCUT2D eigenvalue weighted by Crippen LogP contribution is 2.61. The van der Waals surface area contributed by atoms with Crippen molar-refractivity contribution in [3.63, 3.8) is 0 Å². The van der Waals surface area contributed by atoms with Crippen LogP contribution in [0.1, 0.15) is 43.7 Å². The van der Waals surface area contributed by atoms with Gasteiger partial charge in [0, 0.05) is 33.4 Å². The highest BCUT2D eigenvalue weighted by atomic mass is 31.2. The lowest BCUT2D eigenvalue weighted by Gasteiger charge is -2.30. The predicted octanol–water partition coefficient (Wildman–Crippen LogP) is 6.20. The minimum absolute atomic E-state index is 0.417. The van der Waals surface area contributed by atoms with Gasteiger partial charge >= 0.3 is 0 Å². The molecular weight excluding hydrogens is 413 g/mol. The number of nitrogens with two attached hydrogens (primary N) is 1. The van der Waals surface area contributed by atoms with Gasteiger partial charge in [-0.1, -0.05) is 43.6 Å². The summed E-state index contributed by atoms with van der Waals surface area (Å²) in [6.45, 7) is 9.33. The smallest absolute Gasteiger partial charge is 0.150 e. The van der Waals surface area contributed by atoms with Crippen molar-refractivity contribution in [1.82, 2.24) is 9.34 Å². The molecule has 2 fully saturated rings. The van der Waals surface area contributed by atoms with E-state index in [1.54, 1.807) is 0 Å². The summed E-state index contributed by atoms with van der Waals surface area (Å²) in [5.41, 5.74) is 12.1. The molecule has 2 aliphatic heterocycles. The number of benzene rings is 2. The molecule has 2 saturated heterocycles. The van der Waals surface area contributed by atoms with E-state index in [1.165, 1.54) is 48.5 Å². The maximum Gasteiger partial charge on any atom is 0.150 e. The van der Waals surface area contributed by atoms with Crippen LogP contribution < -0.4 is 10.5 Å². The zero-order valence-electron chi connectivity index (χ0n) is 19.3. The molecule has 1 atom stereocenters. The zero-order valence-corrected chi connectivity index (χ0v) is 20.2. The van der Waals surface area contributed by atoms with Crippen molar-refractivity contribution < 1.29 is 4.74 Å². The average Bonchev–Trinajstić information content (AvgIpc) is 3.68. The molecule has 5 rings (SSSR count). The molecule has 168 valence electrons. The Morgan fingerprint density at radius 1 is 1.00 bits per heavy atom. The molecule has 0 aromatic heterocycles. The van der Waals surface area contributed by atoms with E-state index in [4.69, 9.17) is 16.8 Å². The first-order valence-electron chi connectivity index (χ1n) is 11.7. The van der Waals surface area contributed by atoms with Crippen LogP contribution in [0.25, 0.3) is 5.57 Å². The lowest BCUT2D eigenvalue weighted by Crippen LogP contribution is -2.13. The highest BCUT2D eigenvalue weighted by Gasteiger charge is 2.42. The molecule has 0 spiro atoms. The first-order chi connectivity index (χ1) is 15.4. The van der Waals surface area contributed by atoms with E-state index in [-0.39, 0.29) is 0 Å². The van der Waals surface area contributed by atoms with Gasteiger partial charge in [-0.15, -0.1) is 0 Å². The van der Waals surface area contributed by atoms with Crippen molar-refractivity contribution in [3.8, 4) is 11.5 Å². The Morgan fingerprint density at radius 2 is 1.66 bits per heavy atom. The number of hydrogen-bond acceptors (Lipinski definition) is 4. The standard InChI is InChI=1S/C27H34N3OP/c1-20-6-4-5-7-25(20)22-8-11-24(12-9-22)31-27-18-23(10-13-26(27)28)21(2)19-32(3,29-14-15-29)30-16-17-30/h6-13,18,21H,3-5,14-17,19,28H2,1-2H3. The van der Waals surface area contributed by atoms with Crippen LogP contribution in [0.3, 0.4) is 0 Å². The van der Waals surface area contributed by atoms with Gasteiger partial charge in [-0.3, -0.25) is 9.34 Å². The van der Waals surface area contributed by atoms with E-state index in [2.05, 4.69) is 59.6 Å². The second-order valence-electron chi connectivity index (χ2n) is 9.38. The molecule has 0 saturated carbocycles. The van der Waals surface area contributed by atoms with Gasteiger partial charge in [0.05, 0.1) is 5.69 Å². The number of nitrogens with zero attached hydrogens (tertiary/aromatic N) is 2. The SMILES string of the molecule is C=P(CC(C)c1ccc(N)c(Oc2ccc(C3=CCCC=C3C)cc2)c1)(N1CC1)N1CC1. The molecule has 2 heterocycles. The number of anilines is 1. The minimum atomic E-state index is -1.40. The lowest BCUT2D eigenvalue weighted by atomic mass is 9.93. The Morgan fingerprint density at radius 3 is 2.28 bits per heavy atom. The molecule has 0 radical (unpaired) electrons. The van der Waals surface area contributed by atoms with Crippen molar-refractivity contribution in [3.05, 3.63) is 71.3 Å². The molecule has 2 aromatic carbocycles. The molecule has 0 amide bonds. The molecule has 1 unspecified atom stereocenters. The Labute approximate surface area is 192 Å². The fourth-order valence-corrected chi connectivity index (χ4v) is 8.28. The lowest BCUT2D eigenvalue weighted by molar-refractivity contribution is 0.484. The van der Waals surface area contributed by atoms with Crippen LogP contribution in [0.5, 0.6) is 11.5 Å². The summed E-state index contributed by atoms with van der Waals surface area (Å²) in [5, 5.41) is 0. The van der Waals surface area contributed by atoms with Crippen molar-refractivity contribution in [2.75, 3.05) is 38.1 Å². The van der Waals surface area contributed by atoms with Crippen LogP contribution in [0.4, 0.5) is 5.69 Å². The van der Waals surface area contributed by atoms with Crippen LogP contribution >= 0.6 is 7.19 Å². The molecule has 4 nitrogen and oxygen atoms in total. The van der Waals surface area contributed by atoms with E-state index < -0.39 is 7.19 Å². The molecule has 2 aromatic rings. The van der Waals surface area contributed by atoms with Gasteiger partial charge in [-0.05, 0) is 78.4 Å². The number of rotatable bonds is 8. The summed E-state index contributed by atoms with van der Waals surface area (Å²) < 4.78 is 11.4. The third kappa shape index (κ3) is 4.45. The van der Waals surface area contributed by atoms with Gasteiger partial charge in [0.1, 0.15) is 5.75 Å². The fraction of sp³-hybridized carbons (Fsp3) is 0.370. The minimum Gasteiger partial charge on any atom is -0.455 e. The van der Waals surface area contributed by atoms with Crippen LogP contribution in [-0.2, 0) is 0 Å². The van der Waals surface area contributed by atoms with Crippen LogP contribution in [-0.4, -0.2) is 48.0 Å². The summed E-state index contributed by atoms with van der Waals surface area (Å²) in [7, 11) is -1.40. The summed E-state index contributed by atoms with van der Waals surface area (Å²) >= 11 is 0. The predicted molar refractivity (Wildman–Crippen MR) is 139 cm³/mol. The maximum atomic E-state index is 6.28. The highest BCUT2D eigenvalue weighted by molar-refractivity contribution is 7.69. The van der Waals surface area contributed by atoms with E-state index >= 15 is 0 Å². The number of hydrogen-bond donors (Lipinski definition) is 1. The maximum absolute atomic E-state index is 6.28. The molecule has 2 N–H and O–H groups in total. The fourth-order valence-electron chi connectivity index (χ4n) is 4.71. The Kier molecular flexibility index (Phi) is 5.79. The van der Waals surface area contributed by atoms with E-state index in [9.17, 15) is 0 Å². The first kappa shape index (κ1) is 21.6. The zero-order chi connectivity index (χ0) is 22.3. The summed E-state index contributed by atoms with van der Waals surface area (Å²) in [6, 6.07) is 14.6. The van der Waals surface area contributed by atoms with Gasteiger partial charge < -0.3 is 10.5 Å². The van der Waals surface area contributed by atoms with Crippen LogP contribution in [0, 0.1) is 0 Å². The summed E-state index contributed by atoms with van der Waals surface area (Å²) in [4.78, 5) is 0. The number of nitrogen functional groups attached to an aromatic ring is 1. The number of allylic oxidation sites excluding steroid dienone is 4. The first-order valence-corrected chi connectivity index (χ1v) is 13.8. The monoisotopic (exact) mass is 447 g/mol. The Hall–Kier alpha value is -2.26. The van der Waals surface area contributed by atoms with Gasteiger partial charge in [0.25, 0.3) is 0 Å². The van der Waals surface area contributed by atoms with Crippen LogP contribution in [0.15, 0.2) is 60.2 Å². The van der Waals surface area contributed by atoms with E-state index in [0.717, 1.165) is 30.5 Å². The van der Waals surface area contributed by atoms with Gasteiger partial charge in [0.15, 0.2) is 5.75 Å². The largest absolute Gasteiger partial charge is 0.455 e. The summed E-state index contributed by atoms with van der Waals surface area (Å²) in [5.74, 6) is 1.97. The van der Waals surface area contributed by atoms with E-state index in [1.807, 2.05) is 18.2 Å². The molecule has 1 aliphatic carbocycles. The van der Waals surface area contributed by atoms with Crippen molar-refractivity contribution in [2.45, 2.75) is 32.6 Å². The van der Waals surface area contributed by atoms with Crippen molar-refractivity contribution in [1.29, 1.82) is 0 Å². The molecule has 5 heteroatoms. The normalized spacial score (nSPS) is 19.8. The number of ether oxygens (including phenoxy) is 1. The van der Waals surface area contributed by atoms with Gasteiger partial charge in [-0.25, -0.2) is 0 Å². The molecule has 3 aliphatic rings. The second kappa shape index (κ2) is 8.59. The van der Waals surface area contributed by atoms with Crippen molar-refractivity contribution >= 4 is 24.7 Å². The Bertz CT molecular complexity index is 1090. The van der Waals surface area contributed by atoms with E-state index in [0.29, 0.717) is 11.6 Å². The topological polar surface area (TPSA) is 41.3 Å². The quantitative estimate of drug-likeness (QED) is 0.297. The van der Waals surface area contributed by atoms with Crippen molar-refractivity contribution in [2.24, 2.45) is 0 Å². The van der Waals surface area contributed by atoms with Gasteiger partial charge in [-0.2, -0.15) is 0 Å². The third-order valence-corrected chi connectivity index (χ3v) is 10.9. The molecule has 0 bridgehead atoms.